The number of aryl methyl sites for hydroxylation is 1. The van der Waals surface area contributed by atoms with Crippen LogP contribution >= 0.6 is 11.5 Å². The average molecular weight is 373 g/mol. The van der Waals surface area contributed by atoms with Gasteiger partial charge in [-0.15, -0.1) is 0 Å². The molecule has 3 rings (SSSR count). The first-order valence-corrected chi connectivity index (χ1v) is 10.2. The predicted molar refractivity (Wildman–Crippen MR) is 107 cm³/mol. The number of aromatic nitrogens is 2. The zero-order valence-electron chi connectivity index (χ0n) is 16.0. The summed E-state index contributed by atoms with van der Waals surface area (Å²) in [6, 6.07) is 8.51. The fourth-order valence-corrected chi connectivity index (χ4v) is 3.84. The van der Waals surface area contributed by atoms with Gasteiger partial charge in [0.15, 0.2) is 0 Å². The van der Waals surface area contributed by atoms with Crippen molar-refractivity contribution in [2.45, 2.75) is 59.0 Å². The highest BCUT2D eigenvalue weighted by atomic mass is 32.1. The van der Waals surface area contributed by atoms with Crippen molar-refractivity contribution < 1.29 is 4.79 Å². The van der Waals surface area contributed by atoms with Gasteiger partial charge in [0.2, 0.25) is 11.0 Å². The fourth-order valence-electron chi connectivity index (χ4n) is 3.08. The van der Waals surface area contributed by atoms with Crippen LogP contribution in [0.3, 0.4) is 0 Å². The third-order valence-electron chi connectivity index (χ3n) is 5.11. The van der Waals surface area contributed by atoms with Gasteiger partial charge in [-0.25, -0.2) is 4.98 Å². The van der Waals surface area contributed by atoms with Crippen LogP contribution in [0.15, 0.2) is 24.3 Å². The number of amides is 1. The van der Waals surface area contributed by atoms with E-state index in [1.807, 2.05) is 0 Å². The summed E-state index contributed by atoms with van der Waals surface area (Å²) >= 11 is 1.40. The number of carbonyl (C=O) groups excluding carboxylic acids is 1. The first-order chi connectivity index (χ1) is 12.4. The van der Waals surface area contributed by atoms with Crippen molar-refractivity contribution in [1.29, 1.82) is 0 Å². The second-order valence-electron chi connectivity index (χ2n) is 7.55. The molecule has 0 saturated carbocycles. The summed E-state index contributed by atoms with van der Waals surface area (Å²) in [7, 11) is 0. The van der Waals surface area contributed by atoms with Crippen LogP contribution in [0.25, 0.3) is 0 Å². The largest absolute Gasteiger partial charge is 0.352 e. The molecule has 2 atom stereocenters. The molecule has 1 aliphatic rings. The fraction of sp³-hybridized carbons (Fsp3) is 0.550. The van der Waals surface area contributed by atoms with E-state index in [1.165, 1.54) is 22.7 Å². The smallest absolute Gasteiger partial charge is 0.243 e. The first-order valence-electron chi connectivity index (χ1n) is 9.39. The standard InChI is InChI=1S/C20H28N4OS/c1-13(2)15(4)21-19(25)17-6-5-11-24(17)20-22-18(23-26-20)12-16-9-7-14(3)8-10-16/h7-10,13,15,17H,5-6,11-12H2,1-4H3,(H,21,25)/t15-,17+/m0/s1. The average Bonchev–Trinajstić information content (AvgIpc) is 3.25. The van der Waals surface area contributed by atoms with Gasteiger partial charge >= 0.3 is 0 Å². The normalized spacial score (nSPS) is 18.3. The van der Waals surface area contributed by atoms with E-state index < -0.39 is 0 Å². The molecule has 1 N–H and O–H groups in total. The monoisotopic (exact) mass is 372 g/mol. The van der Waals surface area contributed by atoms with Crippen LogP contribution < -0.4 is 10.2 Å². The SMILES string of the molecule is Cc1ccc(Cc2nsc(N3CCC[C@@H]3C(=O)N[C@@H](C)C(C)C)n2)cc1. The van der Waals surface area contributed by atoms with Crippen molar-refractivity contribution in [3.63, 3.8) is 0 Å². The third-order valence-corrected chi connectivity index (χ3v) is 5.90. The molecule has 1 aromatic heterocycles. The van der Waals surface area contributed by atoms with Gasteiger partial charge in [0.1, 0.15) is 11.9 Å². The van der Waals surface area contributed by atoms with Gasteiger partial charge in [-0.2, -0.15) is 4.37 Å². The Morgan fingerprint density at radius 3 is 2.73 bits per heavy atom. The highest BCUT2D eigenvalue weighted by molar-refractivity contribution is 7.09. The molecule has 1 amide bonds. The van der Waals surface area contributed by atoms with Crippen LogP contribution in [0.4, 0.5) is 5.13 Å². The molecule has 0 bridgehead atoms. The maximum atomic E-state index is 12.7. The summed E-state index contributed by atoms with van der Waals surface area (Å²) in [4.78, 5) is 19.5. The Hall–Kier alpha value is -1.95. The van der Waals surface area contributed by atoms with E-state index in [2.05, 4.69) is 66.6 Å². The van der Waals surface area contributed by atoms with E-state index >= 15 is 0 Å². The van der Waals surface area contributed by atoms with Gasteiger partial charge in [0, 0.05) is 30.5 Å². The summed E-state index contributed by atoms with van der Waals surface area (Å²) < 4.78 is 4.52. The van der Waals surface area contributed by atoms with Crippen LogP contribution in [0.2, 0.25) is 0 Å². The van der Waals surface area contributed by atoms with E-state index in [0.717, 1.165) is 36.8 Å². The molecule has 1 aliphatic heterocycles. The van der Waals surface area contributed by atoms with Gasteiger partial charge in [-0.05, 0) is 38.2 Å². The number of nitrogens with zero attached hydrogens (tertiary/aromatic N) is 3. The predicted octanol–water partition coefficient (Wildman–Crippen LogP) is 3.57. The lowest BCUT2D eigenvalue weighted by Crippen LogP contribution is -2.47. The number of rotatable bonds is 6. The summed E-state index contributed by atoms with van der Waals surface area (Å²) in [5.41, 5.74) is 2.46. The van der Waals surface area contributed by atoms with Crippen LogP contribution in [0.5, 0.6) is 0 Å². The summed E-state index contributed by atoms with van der Waals surface area (Å²) in [5, 5.41) is 4.01. The molecule has 0 spiro atoms. The van der Waals surface area contributed by atoms with Crippen LogP contribution in [0, 0.1) is 12.8 Å². The van der Waals surface area contributed by atoms with Crippen molar-refractivity contribution >= 4 is 22.6 Å². The molecule has 2 aromatic rings. The van der Waals surface area contributed by atoms with Gasteiger partial charge in [0.25, 0.3) is 0 Å². The van der Waals surface area contributed by atoms with E-state index in [-0.39, 0.29) is 18.0 Å². The van der Waals surface area contributed by atoms with Crippen LogP contribution in [-0.4, -0.2) is 33.9 Å². The number of nitrogens with one attached hydrogen (secondary N) is 1. The van der Waals surface area contributed by atoms with Crippen molar-refractivity contribution in [3.8, 4) is 0 Å². The minimum atomic E-state index is -0.128. The number of anilines is 1. The molecule has 2 heterocycles. The molecule has 0 aliphatic carbocycles. The highest BCUT2D eigenvalue weighted by Gasteiger charge is 2.33. The number of benzene rings is 1. The van der Waals surface area contributed by atoms with Crippen LogP contribution in [0.1, 0.15) is 50.6 Å². The van der Waals surface area contributed by atoms with Gasteiger partial charge in [-0.1, -0.05) is 43.7 Å². The van der Waals surface area contributed by atoms with Gasteiger partial charge in [0.05, 0.1) is 0 Å². The number of hydrogen-bond acceptors (Lipinski definition) is 5. The summed E-state index contributed by atoms with van der Waals surface area (Å²) in [5.74, 6) is 1.37. The Morgan fingerprint density at radius 1 is 1.31 bits per heavy atom. The van der Waals surface area contributed by atoms with E-state index in [0.29, 0.717) is 5.92 Å². The number of hydrogen-bond donors (Lipinski definition) is 1. The molecule has 0 unspecified atom stereocenters. The Bertz CT molecular complexity index is 741. The lowest BCUT2D eigenvalue weighted by molar-refractivity contribution is -0.123. The summed E-state index contributed by atoms with van der Waals surface area (Å²) in [6.07, 6.45) is 2.62. The zero-order chi connectivity index (χ0) is 18.7. The zero-order valence-corrected chi connectivity index (χ0v) is 16.8. The Kier molecular flexibility index (Phi) is 5.91. The molecule has 6 heteroatoms. The molecular weight excluding hydrogens is 344 g/mol. The van der Waals surface area contributed by atoms with Crippen molar-refractivity contribution in [3.05, 3.63) is 41.2 Å². The molecular formula is C20H28N4OS. The van der Waals surface area contributed by atoms with Crippen molar-refractivity contribution in [1.82, 2.24) is 14.7 Å². The minimum Gasteiger partial charge on any atom is -0.352 e. The topological polar surface area (TPSA) is 58.1 Å². The van der Waals surface area contributed by atoms with E-state index in [4.69, 9.17) is 4.98 Å². The first kappa shape index (κ1) is 18.8. The molecule has 1 aromatic carbocycles. The molecule has 1 fully saturated rings. The van der Waals surface area contributed by atoms with Crippen LogP contribution in [-0.2, 0) is 11.2 Å². The molecule has 1 saturated heterocycles. The molecule has 5 nitrogen and oxygen atoms in total. The van der Waals surface area contributed by atoms with Crippen molar-refractivity contribution in [2.75, 3.05) is 11.4 Å². The molecule has 0 radical (unpaired) electrons. The Balaban J connectivity index is 1.67. The quantitative estimate of drug-likeness (QED) is 0.842. The second-order valence-corrected chi connectivity index (χ2v) is 8.28. The second kappa shape index (κ2) is 8.16. The maximum absolute atomic E-state index is 12.7. The lowest BCUT2D eigenvalue weighted by Gasteiger charge is -2.25. The molecule has 140 valence electrons. The molecule has 26 heavy (non-hydrogen) atoms. The Morgan fingerprint density at radius 2 is 2.04 bits per heavy atom. The number of carbonyl (C=O) groups is 1. The summed E-state index contributed by atoms with van der Waals surface area (Å²) in [6.45, 7) is 9.26. The lowest BCUT2D eigenvalue weighted by atomic mass is 10.1. The Labute approximate surface area is 160 Å². The maximum Gasteiger partial charge on any atom is 0.243 e. The van der Waals surface area contributed by atoms with Crippen molar-refractivity contribution in [2.24, 2.45) is 5.92 Å². The van der Waals surface area contributed by atoms with Gasteiger partial charge < -0.3 is 10.2 Å². The highest BCUT2D eigenvalue weighted by Crippen LogP contribution is 2.28. The minimum absolute atomic E-state index is 0.110. The third kappa shape index (κ3) is 4.41. The van der Waals surface area contributed by atoms with E-state index in [1.54, 1.807) is 0 Å². The van der Waals surface area contributed by atoms with E-state index in [9.17, 15) is 4.79 Å². The van der Waals surface area contributed by atoms with Gasteiger partial charge in [-0.3, -0.25) is 4.79 Å².